The summed E-state index contributed by atoms with van der Waals surface area (Å²) in [6, 6.07) is 15.3. The highest BCUT2D eigenvalue weighted by molar-refractivity contribution is 7.99. The van der Waals surface area contributed by atoms with E-state index in [0.717, 1.165) is 4.90 Å². The highest BCUT2D eigenvalue weighted by Crippen LogP contribution is 2.26. The van der Waals surface area contributed by atoms with E-state index in [0.29, 0.717) is 30.3 Å². The number of carbonyl (C=O) groups is 1. The van der Waals surface area contributed by atoms with Crippen molar-refractivity contribution in [2.24, 2.45) is 0 Å². The molecule has 0 aliphatic carbocycles. The van der Waals surface area contributed by atoms with Crippen LogP contribution in [0.2, 0.25) is 0 Å². The van der Waals surface area contributed by atoms with Gasteiger partial charge in [0, 0.05) is 11.4 Å². The van der Waals surface area contributed by atoms with Crippen LogP contribution in [0.25, 0.3) is 0 Å². The Morgan fingerprint density at radius 1 is 1.27 bits per heavy atom. The fraction of sp³-hybridized carbons (Fsp3) is 0.263. The van der Waals surface area contributed by atoms with Gasteiger partial charge in [-0.1, -0.05) is 12.1 Å². The molecule has 1 N–H and O–H groups in total. The summed E-state index contributed by atoms with van der Waals surface area (Å²) in [6.07, 6.45) is 0. The summed E-state index contributed by atoms with van der Waals surface area (Å²) in [5.74, 6) is 0.472. The Kier molecular flexibility index (Phi) is 7.93. The summed E-state index contributed by atoms with van der Waals surface area (Å²) in [4.78, 5) is 14.9. The zero-order valence-electron chi connectivity index (χ0n) is 14.4. The summed E-state index contributed by atoms with van der Waals surface area (Å²) in [7, 11) is 1.82. The quantitative estimate of drug-likeness (QED) is 0.683. The summed E-state index contributed by atoms with van der Waals surface area (Å²) in [5, 5.41) is 11.6. The van der Waals surface area contributed by atoms with Crippen molar-refractivity contribution in [3.63, 3.8) is 0 Å². The Hall–Kier alpha value is -2.56. The van der Waals surface area contributed by atoms with E-state index < -0.39 is 0 Å². The van der Waals surface area contributed by atoms with E-state index in [-0.39, 0.29) is 18.3 Å². The van der Waals surface area contributed by atoms with E-state index in [1.165, 1.54) is 23.9 Å². The van der Waals surface area contributed by atoms with Gasteiger partial charge in [0.15, 0.2) is 0 Å². The van der Waals surface area contributed by atoms with E-state index in [9.17, 15) is 9.18 Å². The molecule has 2 rings (SSSR count). The Morgan fingerprint density at radius 2 is 2.00 bits per heavy atom. The monoisotopic (exact) mass is 373 g/mol. The van der Waals surface area contributed by atoms with Crippen LogP contribution in [0.4, 0.5) is 10.1 Å². The number of ether oxygens (including phenoxy) is 1. The molecule has 0 bridgehead atoms. The van der Waals surface area contributed by atoms with Crippen molar-refractivity contribution in [1.29, 1.82) is 5.26 Å². The first kappa shape index (κ1) is 19.8. The summed E-state index contributed by atoms with van der Waals surface area (Å²) >= 11 is 1.38. The smallest absolute Gasteiger partial charge is 0.238 e. The number of carbonyl (C=O) groups excluding carboxylic acids is 1. The number of likely N-dealkylation sites (N-methyl/N-ethyl adjacent to an activating group) is 1. The Labute approximate surface area is 156 Å². The second kappa shape index (κ2) is 10.4. The summed E-state index contributed by atoms with van der Waals surface area (Å²) in [5.41, 5.74) is 0.703. The molecule has 0 radical (unpaired) electrons. The first-order valence-corrected chi connectivity index (χ1v) is 9.02. The number of hydrogen-bond donors (Lipinski definition) is 1. The predicted octanol–water partition coefficient (Wildman–Crippen LogP) is 3.39. The number of rotatable bonds is 9. The van der Waals surface area contributed by atoms with Crippen LogP contribution in [0.15, 0.2) is 53.4 Å². The normalized spacial score (nSPS) is 10.4. The molecule has 0 heterocycles. The number of nitriles is 1. The van der Waals surface area contributed by atoms with Crippen molar-refractivity contribution < 1.29 is 13.9 Å². The number of thioether (sulfide) groups is 1. The molecule has 2 aromatic carbocycles. The Morgan fingerprint density at radius 3 is 2.73 bits per heavy atom. The van der Waals surface area contributed by atoms with Gasteiger partial charge in [0.1, 0.15) is 18.2 Å². The van der Waals surface area contributed by atoms with Crippen molar-refractivity contribution in [1.82, 2.24) is 4.90 Å². The van der Waals surface area contributed by atoms with Gasteiger partial charge in [-0.2, -0.15) is 5.26 Å². The summed E-state index contributed by atoms with van der Waals surface area (Å²) < 4.78 is 18.4. The van der Waals surface area contributed by atoms with Crippen molar-refractivity contribution in [3.8, 4) is 11.8 Å². The third-order valence-corrected chi connectivity index (χ3v) is 4.36. The third kappa shape index (κ3) is 6.75. The minimum Gasteiger partial charge on any atom is -0.492 e. The lowest BCUT2D eigenvalue weighted by atomic mass is 10.3. The minimum atomic E-state index is -0.306. The molecule has 5 nitrogen and oxygen atoms in total. The largest absolute Gasteiger partial charge is 0.492 e. The van der Waals surface area contributed by atoms with Crippen LogP contribution in [0.3, 0.4) is 0 Å². The van der Waals surface area contributed by atoms with Gasteiger partial charge in [-0.15, -0.1) is 11.8 Å². The maximum atomic E-state index is 12.8. The molecule has 1 amide bonds. The topological polar surface area (TPSA) is 65.4 Å². The second-order valence-corrected chi connectivity index (χ2v) is 6.55. The van der Waals surface area contributed by atoms with Crippen molar-refractivity contribution in [3.05, 3.63) is 54.3 Å². The first-order chi connectivity index (χ1) is 12.6. The fourth-order valence-corrected chi connectivity index (χ4v) is 2.84. The molecule has 0 saturated carbocycles. The third-order valence-electron chi connectivity index (χ3n) is 3.42. The molecule has 0 atom stereocenters. The van der Waals surface area contributed by atoms with E-state index >= 15 is 0 Å². The fourth-order valence-electron chi connectivity index (χ4n) is 2.17. The zero-order valence-corrected chi connectivity index (χ0v) is 15.3. The standard InChI is InChI=1S/C19H20FN3O2S/c1-23(11-12-25-16-8-6-15(20)7-9-16)14-19(24)22-17-4-2-3-5-18(17)26-13-10-21/h2-9H,11-14H2,1H3,(H,22,24). The predicted molar refractivity (Wildman–Crippen MR) is 101 cm³/mol. The molecule has 0 fully saturated rings. The molecule has 0 aromatic heterocycles. The van der Waals surface area contributed by atoms with Crippen LogP contribution >= 0.6 is 11.8 Å². The van der Waals surface area contributed by atoms with Gasteiger partial charge in [0.25, 0.3) is 0 Å². The van der Waals surface area contributed by atoms with Crippen molar-refractivity contribution >= 4 is 23.4 Å². The number of halogens is 1. The molecule has 136 valence electrons. The van der Waals surface area contributed by atoms with E-state index in [1.54, 1.807) is 12.1 Å². The molecule has 7 heteroatoms. The average molecular weight is 373 g/mol. The van der Waals surface area contributed by atoms with Gasteiger partial charge in [-0.05, 0) is 43.4 Å². The average Bonchev–Trinajstić information content (AvgIpc) is 2.62. The molecule has 0 aliphatic rings. The van der Waals surface area contributed by atoms with Gasteiger partial charge < -0.3 is 10.1 Å². The van der Waals surface area contributed by atoms with Crippen LogP contribution in [0.1, 0.15) is 0 Å². The molecular weight excluding hydrogens is 353 g/mol. The molecule has 0 spiro atoms. The number of nitrogens with zero attached hydrogens (tertiary/aromatic N) is 2. The minimum absolute atomic E-state index is 0.140. The second-order valence-electron chi connectivity index (χ2n) is 5.53. The van der Waals surface area contributed by atoms with Gasteiger partial charge in [0.05, 0.1) is 24.1 Å². The molecule has 0 saturated heterocycles. The number of amides is 1. The van der Waals surface area contributed by atoms with E-state index in [1.807, 2.05) is 36.2 Å². The van der Waals surface area contributed by atoms with Gasteiger partial charge in [-0.3, -0.25) is 9.69 Å². The van der Waals surface area contributed by atoms with Crippen LogP contribution in [-0.2, 0) is 4.79 Å². The number of anilines is 1. The number of benzene rings is 2. The van der Waals surface area contributed by atoms with Crippen LogP contribution in [-0.4, -0.2) is 43.3 Å². The zero-order chi connectivity index (χ0) is 18.8. The molecule has 2 aromatic rings. The molecular formula is C19H20FN3O2S. The van der Waals surface area contributed by atoms with Gasteiger partial charge >= 0.3 is 0 Å². The lowest BCUT2D eigenvalue weighted by Gasteiger charge is -2.17. The van der Waals surface area contributed by atoms with Crippen LogP contribution in [0, 0.1) is 17.1 Å². The molecule has 26 heavy (non-hydrogen) atoms. The summed E-state index contributed by atoms with van der Waals surface area (Å²) in [6.45, 7) is 1.16. The van der Waals surface area contributed by atoms with Crippen LogP contribution in [0.5, 0.6) is 5.75 Å². The maximum Gasteiger partial charge on any atom is 0.238 e. The van der Waals surface area contributed by atoms with E-state index in [4.69, 9.17) is 10.00 Å². The van der Waals surface area contributed by atoms with Crippen molar-refractivity contribution in [2.45, 2.75) is 4.90 Å². The SMILES string of the molecule is CN(CCOc1ccc(F)cc1)CC(=O)Nc1ccccc1SCC#N. The molecule has 0 aliphatic heterocycles. The van der Waals surface area contributed by atoms with Crippen molar-refractivity contribution in [2.75, 3.05) is 37.8 Å². The highest BCUT2D eigenvalue weighted by Gasteiger charge is 2.10. The maximum absolute atomic E-state index is 12.8. The number of nitrogens with one attached hydrogen (secondary N) is 1. The lowest BCUT2D eigenvalue weighted by Crippen LogP contribution is -2.33. The number of hydrogen-bond acceptors (Lipinski definition) is 5. The van der Waals surface area contributed by atoms with Gasteiger partial charge in [0.2, 0.25) is 5.91 Å². The first-order valence-electron chi connectivity index (χ1n) is 8.04. The Balaban J connectivity index is 1.76. The lowest BCUT2D eigenvalue weighted by molar-refractivity contribution is -0.117. The Bertz CT molecular complexity index is 762. The van der Waals surface area contributed by atoms with Gasteiger partial charge in [-0.25, -0.2) is 4.39 Å². The van der Waals surface area contributed by atoms with E-state index in [2.05, 4.69) is 11.4 Å². The van der Waals surface area contributed by atoms with Crippen LogP contribution < -0.4 is 10.1 Å². The molecule has 0 unspecified atom stereocenters. The highest BCUT2D eigenvalue weighted by atomic mass is 32.2. The number of para-hydroxylation sites is 1.